The van der Waals surface area contributed by atoms with Crippen LogP contribution in [0.5, 0.6) is 0 Å². The zero-order valence-corrected chi connectivity index (χ0v) is 44.0. The molecule has 0 aromatic rings. The van der Waals surface area contributed by atoms with Crippen molar-refractivity contribution in [1.29, 1.82) is 0 Å². The van der Waals surface area contributed by atoms with Crippen molar-refractivity contribution in [2.75, 3.05) is 0 Å². The lowest BCUT2D eigenvalue weighted by Crippen LogP contribution is -2.39. The van der Waals surface area contributed by atoms with Crippen LogP contribution in [0.3, 0.4) is 0 Å². The van der Waals surface area contributed by atoms with Gasteiger partial charge in [-0.25, -0.2) is 0 Å². The zero-order chi connectivity index (χ0) is 44.0. The maximum atomic E-state index is 2.50. The van der Waals surface area contributed by atoms with E-state index >= 15 is 0 Å². The third-order valence-electron chi connectivity index (χ3n) is 21.2. The first-order chi connectivity index (χ1) is 28.4. The monoisotopic (exact) mass is 833 g/mol. The van der Waals surface area contributed by atoms with E-state index in [1.165, 1.54) is 128 Å². The summed E-state index contributed by atoms with van der Waals surface area (Å²) in [4.78, 5) is 0. The third kappa shape index (κ3) is 13.1. The van der Waals surface area contributed by atoms with Gasteiger partial charge in [0, 0.05) is 0 Å². The molecule has 8 aliphatic rings. The molecule has 0 N–H and O–H groups in total. The van der Waals surface area contributed by atoms with Gasteiger partial charge < -0.3 is 0 Å². The fourth-order valence-electron chi connectivity index (χ4n) is 17.4. The largest absolute Gasteiger partial charge is 0.0625 e. The Bertz CT molecular complexity index is 992. The predicted molar refractivity (Wildman–Crippen MR) is 267 cm³/mol. The molecule has 0 aromatic carbocycles. The highest BCUT2D eigenvalue weighted by molar-refractivity contribution is 4.94. The van der Waals surface area contributed by atoms with E-state index in [-0.39, 0.29) is 0 Å². The summed E-state index contributed by atoms with van der Waals surface area (Å²) in [6.45, 7) is 39.4. The first-order valence-electron chi connectivity index (χ1n) is 28.4. The molecule has 0 spiro atoms. The molecule has 8 rings (SSSR count). The number of fused-ring (bicyclic) bond motifs is 4. The maximum Gasteiger partial charge on any atom is -0.0350 e. The Balaban J connectivity index is 0.000000152. The quantitative estimate of drug-likeness (QED) is 0.265. The minimum atomic E-state index is 0.912. The number of hydrogen-bond donors (Lipinski definition) is 0. The lowest BCUT2D eigenvalue weighted by Gasteiger charge is -2.48. The molecule has 0 amide bonds. The fraction of sp³-hybridized carbons (Fsp3) is 1.00. The van der Waals surface area contributed by atoms with Crippen LogP contribution < -0.4 is 0 Å². The Hall–Kier alpha value is 0. The fourth-order valence-corrected chi connectivity index (χ4v) is 17.4. The molecule has 8 saturated carbocycles. The summed E-state index contributed by atoms with van der Waals surface area (Å²) in [5.74, 6) is 24.4. The van der Waals surface area contributed by atoms with Crippen LogP contribution in [-0.2, 0) is 0 Å². The van der Waals surface area contributed by atoms with E-state index < -0.39 is 0 Å². The first-order valence-corrected chi connectivity index (χ1v) is 28.4. The van der Waals surface area contributed by atoms with Gasteiger partial charge in [-0.1, -0.05) is 162 Å². The van der Waals surface area contributed by atoms with E-state index in [1.807, 2.05) is 0 Å². The highest BCUT2D eigenvalue weighted by Gasteiger charge is 2.44. The molecule has 352 valence electrons. The average molecular weight is 834 g/mol. The van der Waals surface area contributed by atoms with Gasteiger partial charge in [0.25, 0.3) is 0 Å². The van der Waals surface area contributed by atoms with Crippen LogP contribution in [-0.4, -0.2) is 0 Å². The Morgan fingerprint density at radius 3 is 0.567 bits per heavy atom. The molecule has 0 saturated heterocycles. The highest BCUT2D eigenvalue weighted by Crippen LogP contribution is 2.53. The van der Waals surface area contributed by atoms with Gasteiger partial charge in [0.1, 0.15) is 0 Å². The highest BCUT2D eigenvalue weighted by atomic mass is 14.5. The van der Waals surface area contributed by atoms with Gasteiger partial charge in [-0.2, -0.15) is 0 Å². The van der Waals surface area contributed by atoms with E-state index in [9.17, 15) is 0 Å². The molecular weight excluding hydrogens is 721 g/mol. The van der Waals surface area contributed by atoms with Gasteiger partial charge in [-0.05, 0) is 219 Å². The summed E-state index contributed by atoms with van der Waals surface area (Å²) < 4.78 is 0. The van der Waals surface area contributed by atoms with Gasteiger partial charge >= 0.3 is 0 Å². The molecule has 60 heavy (non-hydrogen) atoms. The van der Waals surface area contributed by atoms with Crippen molar-refractivity contribution in [3.8, 4) is 0 Å². The molecule has 8 aliphatic carbocycles. The zero-order valence-electron chi connectivity index (χ0n) is 44.0. The molecule has 0 radical (unpaired) electrons. The summed E-state index contributed by atoms with van der Waals surface area (Å²) in [6, 6.07) is 0. The summed E-state index contributed by atoms with van der Waals surface area (Å²) in [5.41, 5.74) is 0. The summed E-state index contributed by atoms with van der Waals surface area (Å²) in [5, 5.41) is 0. The average Bonchev–Trinajstić information content (AvgIpc) is 3.18. The van der Waals surface area contributed by atoms with Crippen molar-refractivity contribution in [2.45, 2.75) is 239 Å². The molecule has 0 bridgehead atoms. The van der Waals surface area contributed by atoms with Crippen LogP contribution in [0.1, 0.15) is 239 Å². The molecule has 0 heterocycles. The molecule has 0 aliphatic heterocycles. The SMILES string of the molecule is CC(C)[C@@H]1CC[C@@H](C)[C@H]2CC[C@@H](C)C[C@@H]21.CC(C)[C@@H]1CC[C@@H](C)[C@H]2CC[C@H](C)C[C@@H]21.CC(C)[C@@H]1CC[C@H](C)[C@H]2CC[C@@H](C)C[C@@H]21.CC(C)[C@@H]1CC[C@H](C)[C@H]2CC[C@H](C)C[C@@H]21. The van der Waals surface area contributed by atoms with Crippen LogP contribution in [0.4, 0.5) is 0 Å². The van der Waals surface area contributed by atoms with Crippen LogP contribution >= 0.6 is 0 Å². The molecule has 20 atom stereocenters. The van der Waals surface area contributed by atoms with E-state index in [0.717, 1.165) is 142 Å². The summed E-state index contributed by atoms with van der Waals surface area (Å²) in [6.07, 6.45) is 30.2. The topological polar surface area (TPSA) is 0 Å². The van der Waals surface area contributed by atoms with Crippen molar-refractivity contribution in [3.05, 3.63) is 0 Å². The molecule has 0 aromatic heterocycles. The van der Waals surface area contributed by atoms with E-state index in [4.69, 9.17) is 0 Å². The summed E-state index contributed by atoms with van der Waals surface area (Å²) in [7, 11) is 0. The number of rotatable bonds is 4. The second-order valence-electron chi connectivity index (χ2n) is 26.8. The molecule has 0 heteroatoms. The first kappa shape index (κ1) is 51.0. The Morgan fingerprint density at radius 1 is 0.217 bits per heavy atom. The molecule has 8 fully saturated rings. The van der Waals surface area contributed by atoms with Crippen LogP contribution in [0, 0.1) is 142 Å². The summed E-state index contributed by atoms with van der Waals surface area (Å²) >= 11 is 0. The molecule has 0 nitrogen and oxygen atoms in total. The molecular formula is C60H112. The van der Waals surface area contributed by atoms with Crippen molar-refractivity contribution in [3.63, 3.8) is 0 Å². The minimum absolute atomic E-state index is 0.912. The Morgan fingerprint density at radius 2 is 0.400 bits per heavy atom. The smallest absolute Gasteiger partial charge is 0.0350 e. The van der Waals surface area contributed by atoms with E-state index in [0.29, 0.717) is 0 Å². The van der Waals surface area contributed by atoms with Gasteiger partial charge in [0.2, 0.25) is 0 Å². The lowest BCUT2D eigenvalue weighted by atomic mass is 9.57. The maximum absolute atomic E-state index is 2.50. The van der Waals surface area contributed by atoms with Crippen molar-refractivity contribution in [2.24, 2.45) is 142 Å². The normalized spacial score (nSPS) is 46.6. The lowest BCUT2D eigenvalue weighted by molar-refractivity contribution is 0.0182. The van der Waals surface area contributed by atoms with Gasteiger partial charge in [0.05, 0.1) is 0 Å². The van der Waals surface area contributed by atoms with Gasteiger partial charge in [-0.3, -0.25) is 0 Å². The second-order valence-corrected chi connectivity index (χ2v) is 26.8. The van der Waals surface area contributed by atoms with Crippen molar-refractivity contribution < 1.29 is 0 Å². The Labute approximate surface area is 379 Å². The molecule has 0 unspecified atom stereocenters. The van der Waals surface area contributed by atoms with Crippen LogP contribution in [0.15, 0.2) is 0 Å². The van der Waals surface area contributed by atoms with Gasteiger partial charge in [-0.15, -0.1) is 0 Å². The van der Waals surface area contributed by atoms with Crippen LogP contribution in [0.25, 0.3) is 0 Å². The van der Waals surface area contributed by atoms with E-state index in [2.05, 4.69) is 111 Å². The third-order valence-corrected chi connectivity index (χ3v) is 21.2. The van der Waals surface area contributed by atoms with E-state index in [1.54, 1.807) is 0 Å². The van der Waals surface area contributed by atoms with Crippen LogP contribution in [0.2, 0.25) is 0 Å². The number of hydrogen-bond acceptors (Lipinski definition) is 0. The van der Waals surface area contributed by atoms with Crippen molar-refractivity contribution in [1.82, 2.24) is 0 Å². The minimum Gasteiger partial charge on any atom is -0.0625 e. The Kier molecular flexibility index (Phi) is 19.9. The van der Waals surface area contributed by atoms with Crippen molar-refractivity contribution >= 4 is 0 Å². The second kappa shape index (κ2) is 23.4. The van der Waals surface area contributed by atoms with Gasteiger partial charge in [0.15, 0.2) is 0 Å². The predicted octanol–water partition coefficient (Wildman–Crippen LogP) is 19.0. The standard InChI is InChI=1S/4C15H28/c4*1-10(2)13-8-6-12(4)14-7-5-11(3)9-15(13)14/h4*10-15H,5-9H2,1-4H3/t11-,12+,13+,14-,15-;11-,12+,13-,14+,15+;11-,12-,13+,14-,15-;11-,12-,13-,14+,15+/m1010/s1.